The molecule has 64 valence electrons. The van der Waals surface area contributed by atoms with Crippen molar-refractivity contribution in [1.82, 2.24) is 4.98 Å². The van der Waals surface area contributed by atoms with Gasteiger partial charge in [-0.3, -0.25) is 4.79 Å². The molecule has 0 aliphatic carbocycles. The third-order valence-corrected chi connectivity index (χ3v) is 2.17. The van der Waals surface area contributed by atoms with E-state index < -0.39 is 0 Å². The van der Waals surface area contributed by atoms with Crippen LogP contribution >= 0.6 is 0 Å². The standard InChI is InChI=1S/C9H12N2O/c1-6-5-7-3-2-4-10-8(7)9(12)11-6/h5,10H,2-4H2,1H3,(H,11,12). The minimum absolute atomic E-state index is 0.0182. The fraction of sp³-hybridized carbons (Fsp3) is 0.444. The Bertz CT molecular complexity index is 354. The molecule has 0 spiro atoms. The van der Waals surface area contributed by atoms with Gasteiger partial charge in [0, 0.05) is 12.2 Å². The summed E-state index contributed by atoms with van der Waals surface area (Å²) in [6.07, 6.45) is 2.14. The van der Waals surface area contributed by atoms with Crippen molar-refractivity contribution in [1.29, 1.82) is 0 Å². The van der Waals surface area contributed by atoms with Gasteiger partial charge in [0.25, 0.3) is 5.56 Å². The van der Waals surface area contributed by atoms with Crippen molar-refractivity contribution in [3.63, 3.8) is 0 Å². The van der Waals surface area contributed by atoms with Crippen molar-refractivity contribution >= 4 is 5.69 Å². The third-order valence-electron chi connectivity index (χ3n) is 2.17. The summed E-state index contributed by atoms with van der Waals surface area (Å²) >= 11 is 0. The smallest absolute Gasteiger partial charge is 0.271 e. The number of aromatic nitrogens is 1. The van der Waals surface area contributed by atoms with Crippen LogP contribution in [0, 0.1) is 6.92 Å². The number of fused-ring (bicyclic) bond motifs is 1. The fourth-order valence-corrected chi connectivity index (χ4v) is 1.64. The fourth-order valence-electron chi connectivity index (χ4n) is 1.64. The number of hydrogen-bond donors (Lipinski definition) is 2. The Balaban J connectivity index is 2.60. The zero-order valence-electron chi connectivity index (χ0n) is 7.11. The number of aromatic amines is 1. The van der Waals surface area contributed by atoms with E-state index >= 15 is 0 Å². The molecule has 1 aliphatic rings. The average Bonchev–Trinajstić information content (AvgIpc) is 2.04. The maximum absolute atomic E-state index is 11.4. The molecule has 0 atom stereocenters. The highest BCUT2D eigenvalue weighted by molar-refractivity contribution is 5.51. The molecule has 1 aromatic rings. The maximum Gasteiger partial charge on any atom is 0.271 e. The molecule has 1 aromatic heterocycles. The molecule has 2 rings (SSSR count). The van der Waals surface area contributed by atoms with Crippen LogP contribution < -0.4 is 10.9 Å². The van der Waals surface area contributed by atoms with E-state index in [2.05, 4.69) is 10.3 Å². The molecule has 0 saturated carbocycles. The molecule has 3 nitrogen and oxygen atoms in total. The molecule has 1 aliphatic heterocycles. The number of aryl methyl sites for hydroxylation is 2. The Morgan fingerprint density at radius 3 is 3.17 bits per heavy atom. The normalized spacial score (nSPS) is 15.1. The summed E-state index contributed by atoms with van der Waals surface area (Å²) in [5, 5.41) is 3.11. The van der Waals surface area contributed by atoms with Gasteiger partial charge >= 0.3 is 0 Å². The van der Waals surface area contributed by atoms with Gasteiger partial charge in [-0.05, 0) is 31.4 Å². The van der Waals surface area contributed by atoms with E-state index in [1.54, 1.807) is 0 Å². The lowest BCUT2D eigenvalue weighted by atomic mass is 10.0. The highest BCUT2D eigenvalue weighted by Gasteiger charge is 2.11. The summed E-state index contributed by atoms with van der Waals surface area (Å²) in [5.41, 5.74) is 2.89. The van der Waals surface area contributed by atoms with Crippen LogP contribution in [-0.2, 0) is 6.42 Å². The van der Waals surface area contributed by atoms with Crippen molar-refractivity contribution in [2.75, 3.05) is 11.9 Å². The molecule has 0 unspecified atom stereocenters. The second kappa shape index (κ2) is 2.66. The van der Waals surface area contributed by atoms with Gasteiger partial charge < -0.3 is 10.3 Å². The molecule has 0 bridgehead atoms. The molecule has 0 saturated heterocycles. The van der Waals surface area contributed by atoms with Crippen LogP contribution in [0.4, 0.5) is 5.69 Å². The summed E-state index contributed by atoms with van der Waals surface area (Å²) < 4.78 is 0. The molecule has 2 heterocycles. The largest absolute Gasteiger partial charge is 0.380 e. The predicted molar refractivity (Wildman–Crippen MR) is 48.6 cm³/mol. The van der Waals surface area contributed by atoms with Gasteiger partial charge in [0.1, 0.15) is 5.69 Å². The number of hydrogen-bond acceptors (Lipinski definition) is 2. The molecule has 0 radical (unpaired) electrons. The number of rotatable bonds is 0. The zero-order chi connectivity index (χ0) is 8.55. The number of pyridine rings is 1. The topological polar surface area (TPSA) is 44.9 Å². The molecule has 12 heavy (non-hydrogen) atoms. The Morgan fingerprint density at radius 1 is 1.50 bits per heavy atom. The maximum atomic E-state index is 11.4. The van der Waals surface area contributed by atoms with Gasteiger partial charge in [-0.1, -0.05) is 0 Å². The molecular weight excluding hydrogens is 152 g/mol. The highest BCUT2D eigenvalue weighted by Crippen LogP contribution is 2.16. The van der Waals surface area contributed by atoms with Gasteiger partial charge in [0.05, 0.1) is 0 Å². The molecule has 2 N–H and O–H groups in total. The lowest BCUT2D eigenvalue weighted by molar-refractivity contribution is 0.819. The van der Waals surface area contributed by atoms with E-state index in [0.717, 1.165) is 36.3 Å². The van der Waals surface area contributed by atoms with Crippen molar-refractivity contribution < 1.29 is 0 Å². The predicted octanol–water partition coefficient (Wildman–Crippen LogP) is 1.04. The second-order valence-electron chi connectivity index (χ2n) is 3.21. The Kier molecular flexibility index (Phi) is 1.64. The first-order valence-corrected chi connectivity index (χ1v) is 4.24. The van der Waals surface area contributed by atoms with Gasteiger partial charge in [-0.15, -0.1) is 0 Å². The minimum Gasteiger partial charge on any atom is -0.380 e. The summed E-state index contributed by atoms with van der Waals surface area (Å²) in [5.74, 6) is 0. The number of anilines is 1. The van der Waals surface area contributed by atoms with Gasteiger partial charge in [-0.2, -0.15) is 0 Å². The van der Waals surface area contributed by atoms with E-state index in [4.69, 9.17) is 0 Å². The van der Waals surface area contributed by atoms with E-state index in [9.17, 15) is 4.79 Å². The third kappa shape index (κ3) is 1.11. The summed E-state index contributed by atoms with van der Waals surface area (Å²) in [6, 6.07) is 2.04. The van der Waals surface area contributed by atoms with Crippen molar-refractivity contribution in [2.45, 2.75) is 19.8 Å². The van der Waals surface area contributed by atoms with E-state index in [1.165, 1.54) is 0 Å². The summed E-state index contributed by atoms with van der Waals surface area (Å²) in [7, 11) is 0. The van der Waals surface area contributed by atoms with Gasteiger partial charge in [0.15, 0.2) is 0 Å². The van der Waals surface area contributed by atoms with Crippen LogP contribution in [0.15, 0.2) is 10.9 Å². The number of H-pyrrole nitrogens is 1. The lowest BCUT2D eigenvalue weighted by Gasteiger charge is -2.16. The first-order chi connectivity index (χ1) is 5.77. The molecule has 0 amide bonds. The van der Waals surface area contributed by atoms with Crippen molar-refractivity contribution in [3.8, 4) is 0 Å². The highest BCUT2D eigenvalue weighted by atomic mass is 16.1. The average molecular weight is 164 g/mol. The zero-order valence-corrected chi connectivity index (χ0v) is 7.11. The SMILES string of the molecule is Cc1cc2c(c(=O)[nH]1)NCCC2. The van der Waals surface area contributed by atoms with E-state index in [-0.39, 0.29) is 5.56 Å². The lowest BCUT2D eigenvalue weighted by Crippen LogP contribution is -2.22. The summed E-state index contributed by atoms with van der Waals surface area (Å²) in [4.78, 5) is 14.1. The first kappa shape index (κ1) is 7.40. The van der Waals surface area contributed by atoms with Gasteiger partial charge in [0.2, 0.25) is 0 Å². The van der Waals surface area contributed by atoms with Crippen LogP contribution in [-0.4, -0.2) is 11.5 Å². The first-order valence-electron chi connectivity index (χ1n) is 4.24. The molecule has 3 heteroatoms. The quantitative estimate of drug-likeness (QED) is 0.601. The van der Waals surface area contributed by atoms with Crippen molar-refractivity contribution in [3.05, 3.63) is 27.7 Å². The van der Waals surface area contributed by atoms with Crippen LogP contribution in [0.3, 0.4) is 0 Å². The Morgan fingerprint density at radius 2 is 2.33 bits per heavy atom. The molecule has 0 aromatic carbocycles. The van der Waals surface area contributed by atoms with Crippen LogP contribution in [0.5, 0.6) is 0 Å². The van der Waals surface area contributed by atoms with Crippen LogP contribution in [0.1, 0.15) is 17.7 Å². The van der Waals surface area contributed by atoms with Crippen LogP contribution in [0.2, 0.25) is 0 Å². The van der Waals surface area contributed by atoms with E-state index in [0.29, 0.717) is 0 Å². The van der Waals surface area contributed by atoms with Crippen molar-refractivity contribution in [2.24, 2.45) is 0 Å². The molecule has 0 fully saturated rings. The van der Waals surface area contributed by atoms with Gasteiger partial charge in [-0.25, -0.2) is 0 Å². The van der Waals surface area contributed by atoms with Crippen LogP contribution in [0.25, 0.3) is 0 Å². The summed E-state index contributed by atoms with van der Waals surface area (Å²) in [6.45, 7) is 2.83. The minimum atomic E-state index is 0.0182. The second-order valence-corrected chi connectivity index (χ2v) is 3.21. The number of nitrogens with one attached hydrogen (secondary N) is 2. The monoisotopic (exact) mass is 164 g/mol. The Hall–Kier alpha value is -1.25. The Labute approximate surface area is 70.8 Å². The molecular formula is C9H12N2O. The van der Waals surface area contributed by atoms with E-state index in [1.807, 2.05) is 13.0 Å².